The number of hydrogen-bond acceptors (Lipinski definition) is 0. The van der Waals surface area contributed by atoms with Crippen LogP contribution < -0.4 is 9.97 Å². The summed E-state index contributed by atoms with van der Waals surface area (Å²) >= 11 is 0. The van der Waals surface area contributed by atoms with Crippen molar-refractivity contribution in [2.75, 3.05) is 0 Å². The van der Waals surface area contributed by atoms with Crippen LogP contribution in [-0.2, 0) is 51.2 Å². The quantitative estimate of drug-likeness (QED) is 0.0957. The Balaban J connectivity index is 0.000000188. The molecule has 0 amide bonds. The molecular weight excluding hydrogens is 1100 g/mol. The molecule has 0 atom stereocenters. The minimum atomic E-state index is 0. The summed E-state index contributed by atoms with van der Waals surface area (Å²) in [6.45, 7) is 31.8. The van der Waals surface area contributed by atoms with Crippen molar-refractivity contribution in [3.63, 3.8) is 0 Å². The van der Waals surface area contributed by atoms with E-state index in [1.165, 1.54) is 77.6 Å². The molecule has 78 heavy (non-hydrogen) atoms. The van der Waals surface area contributed by atoms with E-state index >= 15 is 0 Å². The molecule has 0 saturated heterocycles. The summed E-state index contributed by atoms with van der Waals surface area (Å²) in [6.07, 6.45) is 13.2. The Labute approximate surface area is 496 Å². The zero-order chi connectivity index (χ0) is 53.2. The van der Waals surface area contributed by atoms with Crippen molar-refractivity contribution >= 4 is 43.6 Å². The fourth-order valence-corrected chi connectivity index (χ4v) is 10.8. The summed E-state index contributed by atoms with van der Waals surface area (Å²) in [4.78, 5) is 9.45. The SMILES string of the molecule is CC(C)c1ccc[c-]c1-n1ccn(-c2c(C(C)C)cccc2C(C)C)[cH+]1.CC(C)c1cccc(C(C)C)c1-n1ccn(-c2c(C(C)C)cccc2C(C)C)[cH+]1.[Cu+].[Cu].[Cu].c1ccc2c(c1)[n-]c1cc3c(cc12)[n-]c1ccccc13. The zero-order valence-corrected chi connectivity index (χ0v) is 50.6. The van der Waals surface area contributed by atoms with E-state index in [-0.39, 0.29) is 51.2 Å². The second-order valence-corrected chi connectivity index (χ2v) is 22.5. The zero-order valence-electron chi connectivity index (χ0n) is 47.8. The van der Waals surface area contributed by atoms with E-state index in [1.54, 1.807) is 0 Å². The molecule has 0 aliphatic rings. The summed E-state index contributed by atoms with van der Waals surface area (Å²) in [5, 5.41) is 4.79. The van der Waals surface area contributed by atoms with Crippen molar-refractivity contribution in [2.24, 2.45) is 0 Å². The van der Waals surface area contributed by atoms with Crippen molar-refractivity contribution in [1.29, 1.82) is 0 Å². The first-order valence-corrected chi connectivity index (χ1v) is 27.4. The van der Waals surface area contributed by atoms with Crippen LogP contribution in [0.15, 0.2) is 171 Å². The fourth-order valence-electron chi connectivity index (χ4n) is 10.8. The van der Waals surface area contributed by atoms with Gasteiger partial charge in [0.25, 0.3) is 0 Å². The maximum Gasteiger partial charge on any atom is 1.00 e. The molecule has 0 saturated carbocycles. The molecule has 0 spiro atoms. The van der Waals surface area contributed by atoms with E-state index in [1.807, 2.05) is 18.2 Å². The number of imidazole rings is 2. The number of para-hydroxylation sites is 6. The van der Waals surface area contributed by atoms with Gasteiger partial charge in [-0.2, -0.15) is 18.2 Å². The Morgan fingerprint density at radius 3 is 0.962 bits per heavy atom. The maximum atomic E-state index is 4.72. The smallest absolute Gasteiger partial charge is 0.657 e. The van der Waals surface area contributed by atoms with Crippen LogP contribution in [0, 0.1) is 6.07 Å². The van der Waals surface area contributed by atoms with E-state index in [4.69, 9.17) is 9.97 Å². The number of aromatic nitrogens is 6. The van der Waals surface area contributed by atoms with Crippen LogP contribution in [0.1, 0.15) is 177 Å². The first-order chi connectivity index (χ1) is 36.0. The molecule has 0 N–H and O–H groups in total. The van der Waals surface area contributed by atoms with Crippen LogP contribution in [-0.4, -0.2) is 18.3 Å². The first-order valence-electron chi connectivity index (χ1n) is 27.4. The predicted molar refractivity (Wildman–Crippen MR) is 320 cm³/mol. The molecule has 11 rings (SSSR count). The van der Waals surface area contributed by atoms with Gasteiger partial charge in [0.2, 0.25) is 0 Å². The second-order valence-electron chi connectivity index (χ2n) is 22.5. The van der Waals surface area contributed by atoms with Crippen LogP contribution >= 0.6 is 0 Å². The van der Waals surface area contributed by atoms with Crippen molar-refractivity contribution in [2.45, 2.75) is 138 Å². The van der Waals surface area contributed by atoms with Gasteiger partial charge in [-0.05, 0) is 93.5 Å². The Bertz CT molecular complexity index is 3500. The summed E-state index contributed by atoms with van der Waals surface area (Å²) in [7, 11) is 0. The van der Waals surface area contributed by atoms with Crippen LogP contribution in [0.2, 0.25) is 0 Å². The molecule has 9 heteroatoms. The maximum absolute atomic E-state index is 4.72. The van der Waals surface area contributed by atoms with Crippen LogP contribution in [0.4, 0.5) is 0 Å². The largest absolute Gasteiger partial charge is 1.00 e. The predicted octanol–water partition coefficient (Wildman–Crippen LogP) is 19.0. The Morgan fingerprint density at radius 2 is 0.628 bits per heavy atom. The summed E-state index contributed by atoms with van der Waals surface area (Å²) in [5.41, 5.74) is 19.0. The molecule has 6 nitrogen and oxygen atoms in total. The molecule has 0 bridgehead atoms. The van der Waals surface area contributed by atoms with Gasteiger partial charge >= 0.3 is 17.1 Å². The van der Waals surface area contributed by atoms with Gasteiger partial charge in [0.1, 0.15) is 41.8 Å². The molecule has 11 aromatic rings. The van der Waals surface area contributed by atoms with Gasteiger partial charge in [-0.15, -0.1) is 28.1 Å². The molecule has 4 aromatic heterocycles. The van der Waals surface area contributed by atoms with Crippen molar-refractivity contribution < 1.29 is 51.2 Å². The molecule has 416 valence electrons. The first kappa shape index (κ1) is 61.3. The van der Waals surface area contributed by atoms with Gasteiger partial charge in [0, 0.05) is 73.2 Å². The average Bonchev–Trinajstić information content (AvgIpc) is 4.28. The van der Waals surface area contributed by atoms with Crippen molar-refractivity contribution in [1.82, 2.24) is 28.2 Å². The third kappa shape index (κ3) is 12.6. The average molecular weight is 1180 g/mol. The Morgan fingerprint density at radius 1 is 0.333 bits per heavy atom. The van der Waals surface area contributed by atoms with Crippen LogP contribution in [0.5, 0.6) is 0 Å². The fraction of sp³-hybridized carbons (Fsp3) is 0.304. The third-order valence-corrected chi connectivity index (χ3v) is 14.8. The molecule has 4 heterocycles. The molecule has 0 unspecified atom stereocenters. The van der Waals surface area contributed by atoms with Crippen molar-refractivity contribution in [3.05, 3.63) is 216 Å². The van der Waals surface area contributed by atoms with E-state index in [2.05, 4.69) is 274 Å². The van der Waals surface area contributed by atoms with E-state index in [0.717, 1.165) is 27.8 Å². The summed E-state index contributed by atoms with van der Waals surface area (Å²) in [5.74, 6) is 3.35. The van der Waals surface area contributed by atoms with Crippen LogP contribution in [0.25, 0.3) is 66.4 Å². The summed E-state index contributed by atoms with van der Waals surface area (Å²) < 4.78 is 9.12. The monoisotopic (exact) mass is 1180 g/mol. The summed E-state index contributed by atoms with van der Waals surface area (Å²) in [6, 6.07) is 50.8. The number of nitrogens with zero attached hydrogens (tertiary/aromatic N) is 6. The van der Waals surface area contributed by atoms with Gasteiger partial charge in [-0.25, -0.2) is 18.3 Å². The van der Waals surface area contributed by atoms with Gasteiger partial charge < -0.3 is 9.97 Å². The number of rotatable bonds is 11. The van der Waals surface area contributed by atoms with Gasteiger partial charge in [0.15, 0.2) is 12.7 Å². The second kappa shape index (κ2) is 26.4. The Hall–Kier alpha value is -5.88. The van der Waals surface area contributed by atoms with E-state index in [0.29, 0.717) is 41.4 Å². The standard InChI is InChI=1S/C27H37N2.C24H30N2.C18H10N2.3Cu/c1-18(2)22-11-9-12-23(19(3)4)26(22)28-15-16-29(17-28)27-24(20(5)6)13-10-14-25(27)21(7)8;1-17(2)20-10-7-8-13-23(20)25-14-15-26(16-25)24-21(18(3)4)11-9-12-22(24)19(5)6;1-3-7-15-11(5-1)13-9-18-14(10-17(13)19-15)12-6-2-4-8-16(12)20-18;;;/h9-21H,1-8H3;7-12,14-19H,1-6H3;1-10H;;;/q+1;;-2;;;+1. The van der Waals surface area contributed by atoms with Gasteiger partial charge in [-0.1, -0.05) is 187 Å². The van der Waals surface area contributed by atoms with E-state index in [9.17, 15) is 0 Å². The van der Waals surface area contributed by atoms with Crippen molar-refractivity contribution in [3.8, 4) is 22.7 Å². The molecule has 7 aromatic carbocycles. The van der Waals surface area contributed by atoms with Crippen LogP contribution in [0.3, 0.4) is 0 Å². The minimum Gasteiger partial charge on any atom is -0.657 e. The molecule has 0 fully saturated rings. The van der Waals surface area contributed by atoms with E-state index < -0.39 is 0 Å². The molecular formula is C69H77Cu3N6. The number of fused-ring (bicyclic) bond motifs is 6. The minimum absolute atomic E-state index is 0. The number of hydrogen-bond donors (Lipinski definition) is 0. The topological polar surface area (TPSA) is 47.9 Å². The third-order valence-electron chi connectivity index (χ3n) is 14.8. The van der Waals surface area contributed by atoms with Gasteiger partial charge in [-0.3, -0.25) is 0 Å². The molecule has 2 radical (unpaired) electrons. The Kier molecular flexibility index (Phi) is 20.7. The normalized spacial score (nSPS) is 11.4. The van der Waals surface area contributed by atoms with Gasteiger partial charge in [0.05, 0.1) is 0 Å². The number of benzene rings is 7. The molecule has 0 aliphatic carbocycles. The molecule has 0 aliphatic heterocycles.